The number of rotatable bonds is 7. The second-order valence-corrected chi connectivity index (χ2v) is 7.79. The standard InChI is InChI=1S/C26H30N4O3.C2H6/c1-4-8-21(23(5-2)33-6-3)24-22-16-20(17-27-25(22)29-28-24)18-9-7-10-19(15-18)26(31)30-11-13-32-14-12-30;1-2/h5,7-10,15-17H,4,6,11-14H2,1-3H3,(H,27,28,29);1-2H3/b21-8+,23-5+;. The number of hydrogen-bond donors (Lipinski definition) is 1. The highest BCUT2D eigenvalue weighted by atomic mass is 16.5. The fraction of sp³-hybridized carbons (Fsp3) is 0.393. The van der Waals surface area contributed by atoms with Gasteiger partial charge in [0.1, 0.15) is 5.76 Å². The highest BCUT2D eigenvalue weighted by Gasteiger charge is 2.20. The van der Waals surface area contributed by atoms with E-state index >= 15 is 0 Å². The van der Waals surface area contributed by atoms with Gasteiger partial charge >= 0.3 is 0 Å². The van der Waals surface area contributed by atoms with E-state index in [1.165, 1.54) is 0 Å². The van der Waals surface area contributed by atoms with Gasteiger partial charge in [-0.1, -0.05) is 39.0 Å². The number of benzene rings is 1. The molecule has 1 fully saturated rings. The van der Waals surface area contributed by atoms with Crippen LogP contribution in [0.2, 0.25) is 0 Å². The minimum absolute atomic E-state index is 0.0285. The Labute approximate surface area is 207 Å². The average molecular weight is 477 g/mol. The molecule has 0 radical (unpaired) electrons. The Bertz CT molecular complexity index is 1190. The molecule has 7 nitrogen and oxygen atoms in total. The van der Waals surface area contributed by atoms with Crippen molar-refractivity contribution in [3.63, 3.8) is 0 Å². The second kappa shape index (κ2) is 12.9. The third kappa shape index (κ3) is 5.98. The lowest BCUT2D eigenvalue weighted by Crippen LogP contribution is -2.40. The van der Waals surface area contributed by atoms with Crippen molar-refractivity contribution in [2.24, 2.45) is 0 Å². The molecule has 4 rings (SSSR count). The van der Waals surface area contributed by atoms with Crippen LogP contribution in [-0.2, 0) is 9.47 Å². The predicted molar refractivity (Wildman–Crippen MR) is 141 cm³/mol. The van der Waals surface area contributed by atoms with Gasteiger partial charge in [-0.15, -0.1) is 0 Å². The lowest BCUT2D eigenvalue weighted by molar-refractivity contribution is 0.0303. The highest BCUT2D eigenvalue weighted by Crippen LogP contribution is 2.31. The number of nitrogens with zero attached hydrogens (tertiary/aromatic N) is 3. The largest absolute Gasteiger partial charge is 0.494 e. The van der Waals surface area contributed by atoms with Crippen molar-refractivity contribution in [2.75, 3.05) is 32.9 Å². The summed E-state index contributed by atoms with van der Waals surface area (Å²) in [5.74, 6) is 0.842. The number of aromatic amines is 1. The Hall–Kier alpha value is -3.45. The van der Waals surface area contributed by atoms with Crippen LogP contribution in [0.15, 0.2) is 54.4 Å². The zero-order chi connectivity index (χ0) is 25.2. The maximum absolute atomic E-state index is 13.0. The van der Waals surface area contributed by atoms with E-state index in [1.54, 1.807) is 6.20 Å². The zero-order valence-corrected chi connectivity index (χ0v) is 21.4. The topological polar surface area (TPSA) is 80.3 Å². The van der Waals surface area contributed by atoms with E-state index in [4.69, 9.17) is 9.47 Å². The van der Waals surface area contributed by atoms with Crippen molar-refractivity contribution in [3.05, 3.63) is 65.7 Å². The molecule has 1 aromatic carbocycles. The SMILES string of the molecule is C/C=C(OCC)\C(=C/CC)c1[nH]nc2ncc(-c3cccc(C(=O)N4CCOCC4)c3)cc12.CC. The van der Waals surface area contributed by atoms with E-state index < -0.39 is 0 Å². The van der Waals surface area contributed by atoms with E-state index in [2.05, 4.69) is 34.2 Å². The van der Waals surface area contributed by atoms with Crippen LogP contribution < -0.4 is 0 Å². The van der Waals surface area contributed by atoms with Gasteiger partial charge in [-0.3, -0.25) is 9.89 Å². The van der Waals surface area contributed by atoms with Crippen LogP contribution in [0, 0.1) is 0 Å². The van der Waals surface area contributed by atoms with Gasteiger partial charge in [-0.2, -0.15) is 5.10 Å². The summed E-state index contributed by atoms with van der Waals surface area (Å²) in [6.45, 7) is 13.0. The number of aromatic nitrogens is 3. The number of pyridine rings is 1. The molecule has 3 aromatic rings. The maximum atomic E-state index is 13.0. The number of amides is 1. The fourth-order valence-electron chi connectivity index (χ4n) is 4.05. The monoisotopic (exact) mass is 476 g/mol. The van der Waals surface area contributed by atoms with Crippen molar-refractivity contribution in [2.45, 2.75) is 41.0 Å². The summed E-state index contributed by atoms with van der Waals surface area (Å²) in [6.07, 6.45) is 6.76. The van der Waals surface area contributed by atoms with E-state index in [0.29, 0.717) is 44.1 Å². The molecular weight excluding hydrogens is 440 g/mol. The van der Waals surface area contributed by atoms with Gasteiger partial charge in [0.15, 0.2) is 5.65 Å². The molecule has 0 aliphatic carbocycles. The molecule has 7 heteroatoms. The Morgan fingerprint density at radius 2 is 1.94 bits per heavy atom. The predicted octanol–water partition coefficient (Wildman–Crippen LogP) is 5.86. The molecule has 1 aliphatic rings. The lowest BCUT2D eigenvalue weighted by Gasteiger charge is -2.27. The zero-order valence-electron chi connectivity index (χ0n) is 21.4. The van der Waals surface area contributed by atoms with Gasteiger partial charge in [0.2, 0.25) is 0 Å². The summed E-state index contributed by atoms with van der Waals surface area (Å²) in [5, 5.41) is 8.47. The third-order valence-electron chi connectivity index (χ3n) is 5.66. The van der Waals surface area contributed by atoms with E-state index in [1.807, 2.05) is 62.9 Å². The molecule has 1 aliphatic heterocycles. The smallest absolute Gasteiger partial charge is 0.254 e. The van der Waals surface area contributed by atoms with Crippen LogP contribution in [0.4, 0.5) is 0 Å². The first-order valence-corrected chi connectivity index (χ1v) is 12.5. The summed E-state index contributed by atoms with van der Waals surface area (Å²) in [5.41, 5.74) is 5.02. The van der Waals surface area contributed by atoms with Crippen LogP contribution in [-0.4, -0.2) is 58.9 Å². The van der Waals surface area contributed by atoms with Gasteiger partial charge < -0.3 is 14.4 Å². The fourth-order valence-corrected chi connectivity index (χ4v) is 4.05. The van der Waals surface area contributed by atoms with Crippen LogP contribution in [0.1, 0.15) is 57.1 Å². The molecule has 0 bridgehead atoms. The van der Waals surface area contributed by atoms with Crippen molar-refractivity contribution >= 4 is 22.5 Å². The third-order valence-corrected chi connectivity index (χ3v) is 5.66. The Balaban J connectivity index is 0.00000167. The van der Waals surface area contributed by atoms with Crippen molar-refractivity contribution in [1.29, 1.82) is 0 Å². The van der Waals surface area contributed by atoms with Gasteiger partial charge in [-0.25, -0.2) is 4.98 Å². The minimum Gasteiger partial charge on any atom is -0.494 e. The van der Waals surface area contributed by atoms with E-state index in [0.717, 1.165) is 40.0 Å². The molecule has 0 unspecified atom stereocenters. The summed E-state index contributed by atoms with van der Waals surface area (Å²) in [7, 11) is 0. The van der Waals surface area contributed by atoms with E-state index in [-0.39, 0.29) is 5.91 Å². The second-order valence-electron chi connectivity index (χ2n) is 7.79. The first kappa shape index (κ1) is 26.2. The van der Waals surface area contributed by atoms with Crippen molar-refractivity contribution < 1.29 is 14.3 Å². The molecule has 1 saturated heterocycles. The number of fused-ring (bicyclic) bond motifs is 1. The number of H-pyrrole nitrogens is 1. The number of allylic oxidation sites excluding steroid dienone is 3. The molecule has 35 heavy (non-hydrogen) atoms. The molecular formula is C28H36N4O3. The summed E-state index contributed by atoms with van der Waals surface area (Å²) < 4.78 is 11.2. The van der Waals surface area contributed by atoms with Crippen LogP contribution in [0.25, 0.3) is 27.7 Å². The molecule has 3 heterocycles. The molecule has 186 valence electrons. The van der Waals surface area contributed by atoms with Crippen molar-refractivity contribution in [1.82, 2.24) is 20.1 Å². The Kier molecular flexibility index (Phi) is 9.61. The molecule has 2 aromatic heterocycles. The number of carbonyl (C=O) groups is 1. The highest BCUT2D eigenvalue weighted by molar-refractivity contribution is 5.97. The molecule has 0 spiro atoms. The Morgan fingerprint density at radius 1 is 1.17 bits per heavy atom. The lowest BCUT2D eigenvalue weighted by atomic mass is 10.0. The number of morpholine rings is 1. The van der Waals surface area contributed by atoms with E-state index in [9.17, 15) is 4.79 Å². The minimum atomic E-state index is 0.0285. The molecule has 1 amide bonds. The van der Waals surface area contributed by atoms with Crippen molar-refractivity contribution in [3.8, 4) is 11.1 Å². The summed E-state index contributed by atoms with van der Waals surface area (Å²) in [6, 6.07) is 9.78. The molecule has 1 N–H and O–H groups in total. The number of ether oxygens (including phenoxy) is 2. The van der Waals surface area contributed by atoms with Gasteiger partial charge in [0.25, 0.3) is 5.91 Å². The first-order chi connectivity index (χ1) is 17.2. The number of nitrogens with one attached hydrogen (secondary N) is 1. The number of carbonyl (C=O) groups excluding carboxylic acids is 1. The molecule has 0 saturated carbocycles. The first-order valence-electron chi connectivity index (χ1n) is 12.5. The number of hydrogen-bond acceptors (Lipinski definition) is 5. The van der Waals surface area contributed by atoms with Gasteiger partial charge in [0, 0.05) is 41.4 Å². The normalized spacial score (nSPS) is 14.5. The quantitative estimate of drug-likeness (QED) is 0.341. The van der Waals surface area contributed by atoms with Gasteiger partial charge in [0.05, 0.1) is 25.5 Å². The average Bonchev–Trinajstić information content (AvgIpc) is 3.35. The summed E-state index contributed by atoms with van der Waals surface area (Å²) in [4.78, 5) is 19.4. The van der Waals surface area contributed by atoms with Gasteiger partial charge in [-0.05, 0) is 50.1 Å². The summed E-state index contributed by atoms with van der Waals surface area (Å²) >= 11 is 0. The van der Waals surface area contributed by atoms with Crippen LogP contribution >= 0.6 is 0 Å². The maximum Gasteiger partial charge on any atom is 0.254 e. The Morgan fingerprint density at radius 3 is 2.63 bits per heavy atom. The van der Waals surface area contributed by atoms with Crippen LogP contribution in [0.5, 0.6) is 0 Å². The molecule has 0 atom stereocenters. The van der Waals surface area contributed by atoms with Crippen LogP contribution in [0.3, 0.4) is 0 Å².